The summed E-state index contributed by atoms with van der Waals surface area (Å²) < 4.78 is 5.50. The molecule has 74 valence electrons. The number of nitrogens with two attached hydrogens (primary N) is 1. The minimum absolute atomic E-state index is 0.0762. The SMILES string of the molecule is N=C(N)c1ccc(OC2CCC2)nn1. The first-order valence-electron chi connectivity index (χ1n) is 4.60. The second kappa shape index (κ2) is 3.61. The quantitative estimate of drug-likeness (QED) is 0.545. The summed E-state index contributed by atoms with van der Waals surface area (Å²) in [5.74, 6) is 0.437. The highest BCUT2D eigenvalue weighted by atomic mass is 16.5. The number of nitrogens with one attached hydrogen (secondary N) is 1. The Kier molecular flexibility index (Phi) is 2.30. The largest absolute Gasteiger partial charge is 0.473 e. The van der Waals surface area contributed by atoms with Gasteiger partial charge in [-0.05, 0) is 25.3 Å². The van der Waals surface area contributed by atoms with Crippen LogP contribution in [0.15, 0.2) is 12.1 Å². The molecule has 0 aromatic carbocycles. The topological polar surface area (TPSA) is 84.9 Å². The van der Waals surface area contributed by atoms with Crippen molar-refractivity contribution >= 4 is 5.84 Å². The molecule has 0 saturated heterocycles. The maximum absolute atomic E-state index is 7.13. The lowest BCUT2D eigenvalue weighted by Gasteiger charge is -2.25. The van der Waals surface area contributed by atoms with Crippen LogP contribution in [-0.2, 0) is 0 Å². The van der Waals surface area contributed by atoms with Gasteiger partial charge < -0.3 is 10.5 Å². The fourth-order valence-corrected chi connectivity index (χ4v) is 1.19. The van der Waals surface area contributed by atoms with Crippen LogP contribution in [0.1, 0.15) is 25.0 Å². The van der Waals surface area contributed by atoms with Crippen LogP contribution in [0.5, 0.6) is 5.88 Å². The first-order chi connectivity index (χ1) is 6.75. The molecule has 1 aromatic heterocycles. The van der Waals surface area contributed by atoms with Crippen molar-refractivity contribution < 1.29 is 4.74 Å². The Morgan fingerprint density at radius 3 is 2.64 bits per heavy atom. The van der Waals surface area contributed by atoms with Gasteiger partial charge in [-0.1, -0.05) is 0 Å². The molecule has 0 spiro atoms. The molecule has 1 aliphatic carbocycles. The van der Waals surface area contributed by atoms with E-state index in [9.17, 15) is 0 Å². The zero-order valence-corrected chi connectivity index (χ0v) is 7.73. The van der Waals surface area contributed by atoms with Gasteiger partial charge >= 0.3 is 0 Å². The van der Waals surface area contributed by atoms with Crippen molar-refractivity contribution in [1.29, 1.82) is 5.41 Å². The molecule has 5 nitrogen and oxygen atoms in total. The summed E-state index contributed by atoms with van der Waals surface area (Å²) in [6, 6.07) is 3.34. The maximum Gasteiger partial charge on any atom is 0.233 e. The van der Waals surface area contributed by atoms with E-state index in [1.807, 2.05) is 0 Å². The summed E-state index contributed by atoms with van der Waals surface area (Å²) in [7, 11) is 0. The lowest BCUT2D eigenvalue weighted by molar-refractivity contribution is 0.113. The molecule has 1 aliphatic rings. The van der Waals surface area contributed by atoms with Crippen LogP contribution in [0, 0.1) is 5.41 Å². The molecule has 5 heteroatoms. The van der Waals surface area contributed by atoms with Crippen LogP contribution in [0.3, 0.4) is 0 Å². The summed E-state index contributed by atoms with van der Waals surface area (Å²) in [5, 5.41) is 14.7. The van der Waals surface area contributed by atoms with E-state index < -0.39 is 0 Å². The first-order valence-corrected chi connectivity index (χ1v) is 4.60. The average molecular weight is 192 g/mol. The van der Waals surface area contributed by atoms with Gasteiger partial charge in [-0.15, -0.1) is 10.2 Å². The summed E-state index contributed by atoms with van der Waals surface area (Å²) in [4.78, 5) is 0. The van der Waals surface area contributed by atoms with E-state index in [1.54, 1.807) is 12.1 Å². The molecular formula is C9H12N4O. The summed E-state index contributed by atoms with van der Waals surface area (Å²) in [6.07, 6.45) is 3.71. The number of ether oxygens (including phenoxy) is 1. The predicted octanol–water partition coefficient (Wildman–Crippen LogP) is 0.692. The lowest BCUT2D eigenvalue weighted by atomic mass is 9.96. The van der Waals surface area contributed by atoms with Gasteiger partial charge in [0.05, 0.1) is 0 Å². The normalized spacial score (nSPS) is 16.0. The molecule has 1 saturated carbocycles. The van der Waals surface area contributed by atoms with Crippen LogP contribution in [0.4, 0.5) is 0 Å². The van der Waals surface area contributed by atoms with Crippen molar-refractivity contribution in [3.8, 4) is 5.88 Å². The van der Waals surface area contributed by atoms with E-state index in [0.29, 0.717) is 17.7 Å². The van der Waals surface area contributed by atoms with Gasteiger partial charge in [0.2, 0.25) is 5.88 Å². The number of nitrogens with zero attached hydrogens (tertiary/aromatic N) is 2. The molecule has 0 bridgehead atoms. The molecule has 2 rings (SSSR count). The smallest absolute Gasteiger partial charge is 0.233 e. The maximum atomic E-state index is 7.13. The van der Waals surface area contributed by atoms with Crippen molar-refractivity contribution in [2.45, 2.75) is 25.4 Å². The van der Waals surface area contributed by atoms with Crippen molar-refractivity contribution in [3.05, 3.63) is 17.8 Å². The van der Waals surface area contributed by atoms with Crippen molar-refractivity contribution in [2.24, 2.45) is 5.73 Å². The molecule has 0 amide bonds. The summed E-state index contributed by atoms with van der Waals surface area (Å²) >= 11 is 0. The number of amidine groups is 1. The first kappa shape index (κ1) is 8.93. The molecule has 3 N–H and O–H groups in total. The number of rotatable bonds is 3. The number of hydrogen-bond donors (Lipinski definition) is 2. The lowest BCUT2D eigenvalue weighted by Crippen LogP contribution is -2.25. The fraction of sp³-hybridized carbons (Fsp3) is 0.444. The monoisotopic (exact) mass is 192 g/mol. The average Bonchev–Trinajstić information content (AvgIpc) is 2.12. The van der Waals surface area contributed by atoms with E-state index in [2.05, 4.69) is 10.2 Å². The minimum atomic E-state index is -0.0762. The second-order valence-corrected chi connectivity index (χ2v) is 3.34. The highest BCUT2D eigenvalue weighted by molar-refractivity contribution is 5.92. The Hall–Kier alpha value is -1.65. The third kappa shape index (κ3) is 1.81. The molecule has 0 aliphatic heterocycles. The van der Waals surface area contributed by atoms with Crippen LogP contribution < -0.4 is 10.5 Å². The van der Waals surface area contributed by atoms with Gasteiger partial charge in [0.1, 0.15) is 17.6 Å². The van der Waals surface area contributed by atoms with E-state index in [0.717, 1.165) is 12.8 Å². The molecule has 1 heterocycles. The Balaban J connectivity index is 2.01. The number of aromatic nitrogens is 2. The van der Waals surface area contributed by atoms with Crippen LogP contribution >= 0.6 is 0 Å². The molecule has 0 radical (unpaired) electrons. The molecule has 1 fully saturated rings. The van der Waals surface area contributed by atoms with Gasteiger partial charge in [0.15, 0.2) is 0 Å². The molecule has 14 heavy (non-hydrogen) atoms. The van der Waals surface area contributed by atoms with Gasteiger partial charge in [-0.3, -0.25) is 5.41 Å². The molecule has 1 aromatic rings. The van der Waals surface area contributed by atoms with Gasteiger partial charge in [0.25, 0.3) is 0 Å². The zero-order chi connectivity index (χ0) is 9.97. The van der Waals surface area contributed by atoms with Crippen molar-refractivity contribution in [1.82, 2.24) is 10.2 Å². The Morgan fingerprint density at radius 1 is 1.43 bits per heavy atom. The van der Waals surface area contributed by atoms with E-state index in [1.165, 1.54) is 6.42 Å². The Morgan fingerprint density at radius 2 is 2.21 bits per heavy atom. The third-order valence-electron chi connectivity index (χ3n) is 2.26. The Labute approximate surface area is 81.8 Å². The minimum Gasteiger partial charge on any atom is -0.473 e. The van der Waals surface area contributed by atoms with E-state index in [-0.39, 0.29) is 5.84 Å². The van der Waals surface area contributed by atoms with E-state index >= 15 is 0 Å². The molecule has 0 unspecified atom stereocenters. The van der Waals surface area contributed by atoms with Gasteiger partial charge in [0, 0.05) is 6.07 Å². The standard InChI is InChI=1S/C9H12N4O/c10-9(11)7-4-5-8(13-12-7)14-6-2-1-3-6/h4-6H,1-3H2,(H3,10,11). The Bertz CT molecular complexity index is 331. The third-order valence-corrected chi connectivity index (χ3v) is 2.26. The predicted molar refractivity (Wildman–Crippen MR) is 51.3 cm³/mol. The zero-order valence-electron chi connectivity index (χ0n) is 7.73. The number of hydrogen-bond acceptors (Lipinski definition) is 4. The van der Waals surface area contributed by atoms with Gasteiger partial charge in [-0.2, -0.15) is 0 Å². The second-order valence-electron chi connectivity index (χ2n) is 3.34. The van der Waals surface area contributed by atoms with Crippen LogP contribution in [0.25, 0.3) is 0 Å². The summed E-state index contributed by atoms with van der Waals surface area (Å²) in [5.41, 5.74) is 5.62. The molecule has 0 atom stereocenters. The highest BCUT2D eigenvalue weighted by Gasteiger charge is 2.19. The molecular weight excluding hydrogens is 180 g/mol. The van der Waals surface area contributed by atoms with Crippen molar-refractivity contribution in [3.63, 3.8) is 0 Å². The van der Waals surface area contributed by atoms with E-state index in [4.69, 9.17) is 15.9 Å². The van der Waals surface area contributed by atoms with Gasteiger partial charge in [-0.25, -0.2) is 0 Å². The van der Waals surface area contributed by atoms with Crippen LogP contribution in [0.2, 0.25) is 0 Å². The highest BCUT2D eigenvalue weighted by Crippen LogP contribution is 2.23. The summed E-state index contributed by atoms with van der Waals surface area (Å²) in [6.45, 7) is 0. The van der Waals surface area contributed by atoms with Crippen molar-refractivity contribution in [2.75, 3.05) is 0 Å². The fourth-order valence-electron chi connectivity index (χ4n) is 1.19. The van der Waals surface area contributed by atoms with Crippen LogP contribution in [-0.4, -0.2) is 22.1 Å². The number of nitrogen functional groups attached to an aromatic ring is 1.